The highest BCUT2D eigenvalue weighted by atomic mass is 33.1. The summed E-state index contributed by atoms with van der Waals surface area (Å²) in [4.78, 5) is 8.62. The zero-order valence-corrected chi connectivity index (χ0v) is 11.0. The fourth-order valence-electron chi connectivity index (χ4n) is 1.33. The van der Waals surface area contributed by atoms with Crippen molar-refractivity contribution < 1.29 is 0 Å². The predicted octanol–water partition coefficient (Wildman–Crippen LogP) is 2.92. The molecule has 4 nitrogen and oxygen atoms in total. The molecule has 16 heavy (non-hydrogen) atoms. The van der Waals surface area contributed by atoms with Gasteiger partial charge >= 0.3 is 0 Å². The van der Waals surface area contributed by atoms with Gasteiger partial charge in [0.25, 0.3) is 0 Å². The molecule has 0 fully saturated rings. The van der Waals surface area contributed by atoms with E-state index in [1.54, 1.807) is 21.6 Å². The van der Waals surface area contributed by atoms with E-state index < -0.39 is 0 Å². The molecule has 2 aromatic heterocycles. The van der Waals surface area contributed by atoms with Crippen LogP contribution in [0.5, 0.6) is 0 Å². The zero-order chi connectivity index (χ0) is 11.4. The summed E-state index contributed by atoms with van der Waals surface area (Å²) in [5.74, 6) is 0. The molecule has 0 saturated heterocycles. The zero-order valence-electron chi connectivity index (χ0n) is 9.33. The highest BCUT2D eigenvalue weighted by molar-refractivity contribution is 8.76. The van der Waals surface area contributed by atoms with Crippen molar-refractivity contribution in [3.8, 4) is 0 Å². The molecule has 0 aliphatic rings. The molecule has 0 aliphatic carbocycles. The number of hydrogen-bond acceptors (Lipinski definition) is 4. The summed E-state index contributed by atoms with van der Waals surface area (Å²) in [5, 5.41) is 2.05. The van der Waals surface area contributed by atoms with E-state index in [1.165, 1.54) is 0 Å². The van der Waals surface area contributed by atoms with Gasteiger partial charge in [-0.15, -0.1) is 0 Å². The molecule has 0 aromatic carbocycles. The maximum Gasteiger partial charge on any atom is 0.179 e. The molecule has 0 amide bonds. The number of aryl methyl sites for hydroxylation is 2. The van der Waals surface area contributed by atoms with Crippen molar-refractivity contribution in [2.45, 2.75) is 37.2 Å². The third-order valence-electron chi connectivity index (χ3n) is 2.23. The summed E-state index contributed by atoms with van der Waals surface area (Å²) in [5.41, 5.74) is 0. The first-order chi connectivity index (χ1) is 7.85. The summed E-state index contributed by atoms with van der Waals surface area (Å²) in [6, 6.07) is 0. The van der Waals surface area contributed by atoms with E-state index in [1.807, 2.05) is 24.8 Å². The van der Waals surface area contributed by atoms with Gasteiger partial charge in [-0.05, 0) is 35.4 Å². The molecule has 0 radical (unpaired) electrons. The van der Waals surface area contributed by atoms with Gasteiger partial charge in [0, 0.05) is 37.9 Å². The van der Waals surface area contributed by atoms with Crippen LogP contribution < -0.4 is 0 Å². The number of rotatable bonds is 5. The molecule has 2 heterocycles. The minimum absolute atomic E-state index is 0.950. The van der Waals surface area contributed by atoms with E-state index in [2.05, 4.69) is 32.9 Å². The van der Waals surface area contributed by atoms with Gasteiger partial charge in [0.2, 0.25) is 0 Å². The molecule has 2 rings (SSSR count). The molecular weight excluding hydrogens is 240 g/mol. The van der Waals surface area contributed by atoms with Crippen LogP contribution in [0.2, 0.25) is 0 Å². The molecule has 86 valence electrons. The fraction of sp³-hybridized carbons (Fsp3) is 0.400. The minimum atomic E-state index is 0.950. The van der Waals surface area contributed by atoms with Gasteiger partial charge in [-0.1, -0.05) is 0 Å². The Labute approximate surface area is 103 Å². The second-order valence-electron chi connectivity index (χ2n) is 3.16. The Balaban J connectivity index is 2.02. The molecule has 0 bridgehead atoms. The number of hydrogen-bond donors (Lipinski definition) is 0. The van der Waals surface area contributed by atoms with E-state index in [4.69, 9.17) is 0 Å². The smallest absolute Gasteiger partial charge is 0.179 e. The van der Waals surface area contributed by atoms with Crippen molar-refractivity contribution in [3.63, 3.8) is 0 Å². The lowest BCUT2D eigenvalue weighted by Gasteiger charge is -2.04. The summed E-state index contributed by atoms with van der Waals surface area (Å²) in [6.07, 6.45) is 7.65. The molecule has 6 heteroatoms. The van der Waals surface area contributed by atoms with Crippen molar-refractivity contribution >= 4 is 21.6 Å². The summed E-state index contributed by atoms with van der Waals surface area (Å²) >= 11 is 0. The van der Waals surface area contributed by atoms with E-state index in [0.717, 1.165) is 23.4 Å². The average Bonchev–Trinajstić information content (AvgIpc) is 2.94. The number of imidazole rings is 2. The van der Waals surface area contributed by atoms with Crippen molar-refractivity contribution in [2.24, 2.45) is 0 Å². The monoisotopic (exact) mass is 254 g/mol. The van der Waals surface area contributed by atoms with Gasteiger partial charge in [-0.25, -0.2) is 9.97 Å². The van der Waals surface area contributed by atoms with Crippen LogP contribution in [0.1, 0.15) is 13.8 Å². The predicted molar refractivity (Wildman–Crippen MR) is 67.5 cm³/mol. The molecule has 2 aromatic rings. The van der Waals surface area contributed by atoms with Crippen LogP contribution in [0, 0.1) is 0 Å². The van der Waals surface area contributed by atoms with Crippen molar-refractivity contribution in [1.82, 2.24) is 19.1 Å². The maximum atomic E-state index is 4.31. The highest BCUT2D eigenvalue weighted by Gasteiger charge is 2.07. The van der Waals surface area contributed by atoms with Crippen LogP contribution in [0.4, 0.5) is 0 Å². The van der Waals surface area contributed by atoms with Gasteiger partial charge in [0.15, 0.2) is 10.3 Å². The van der Waals surface area contributed by atoms with Crippen LogP contribution in [0.15, 0.2) is 35.1 Å². The van der Waals surface area contributed by atoms with E-state index in [0.29, 0.717) is 0 Å². The standard InChI is InChI=1S/C10H14N4S2/c1-3-13-7-5-11-9(13)15-16-10-12-6-8-14(10)4-2/h5-8H,3-4H2,1-2H3. The second-order valence-corrected chi connectivity index (χ2v) is 5.22. The minimum Gasteiger partial charge on any atom is -0.326 e. The van der Waals surface area contributed by atoms with Gasteiger partial charge in [-0.3, -0.25) is 0 Å². The Morgan fingerprint density at radius 2 is 1.38 bits per heavy atom. The number of nitrogens with zero attached hydrogens (tertiary/aromatic N) is 4. The lowest BCUT2D eigenvalue weighted by Crippen LogP contribution is -1.95. The Bertz CT molecular complexity index is 407. The van der Waals surface area contributed by atoms with Crippen LogP contribution in [-0.4, -0.2) is 19.1 Å². The lowest BCUT2D eigenvalue weighted by atomic mass is 10.7. The molecule has 0 N–H and O–H groups in total. The Hall–Kier alpha value is -0.880. The van der Waals surface area contributed by atoms with Crippen LogP contribution in [-0.2, 0) is 13.1 Å². The molecular formula is C10H14N4S2. The first kappa shape index (κ1) is 11.6. The summed E-state index contributed by atoms with van der Waals surface area (Å²) in [6.45, 7) is 6.13. The van der Waals surface area contributed by atoms with Crippen molar-refractivity contribution in [3.05, 3.63) is 24.8 Å². The highest BCUT2D eigenvalue weighted by Crippen LogP contribution is 2.35. The first-order valence-electron chi connectivity index (χ1n) is 5.22. The van der Waals surface area contributed by atoms with Gasteiger partial charge in [0.05, 0.1) is 0 Å². The quantitative estimate of drug-likeness (QED) is 0.769. The Morgan fingerprint density at radius 1 is 0.938 bits per heavy atom. The largest absolute Gasteiger partial charge is 0.326 e. The lowest BCUT2D eigenvalue weighted by molar-refractivity contribution is 0.680. The molecule has 0 atom stereocenters. The fourth-order valence-corrected chi connectivity index (χ4v) is 3.53. The van der Waals surface area contributed by atoms with Crippen LogP contribution >= 0.6 is 21.6 Å². The summed E-state index contributed by atoms with van der Waals surface area (Å²) < 4.78 is 4.24. The van der Waals surface area contributed by atoms with Gasteiger partial charge < -0.3 is 9.13 Å². The molecule has 0 saturated carbocycles. The van der Waals surface area contributed by atoms with E-state index in [-0.39, 0.29) is 0 Å². The van der Waals surface area contributed by atoms with Gasteiger partial charge in [0.1, 0.15) is 0 Å². The maximum absolute atomic E-state index is 4.31. The van der Waals surface area contributed by atoms with E-state index in [9.17, 15) is 0 Å². The van der Waals surface area contributed by atoms with Crippen LogP contribution in [0.25, 0.3) is 0 Å². The first-order valence-corrected chi connectivity index (χ1v) is 7.37. The normalized spacial score (nSPS) is 10.9. The third kappa shape index (κ3) is 2.44. The molecule has 0 aliphatic heterocycles. The number of aromatic nitrogens is 4. The third-order valence-corrected chi connectivity index (χ3v) is 4.43. The molecule has 0 spiro atoms. The van der Waals surface area contributed by atoms with E-state index >= 15 is 0 Å². The van der Waals surface area contributed by atoms with Crippen molar-refractivity contribution in [1.29, 1.82) is 0 Å². The molecule has 0 unspecified atom stereocenters. The van der Waals surface area contributed by atoms with Crippen molar-refractivity contribution in [2.75, 3.05) is 0 Å². The second kappa shape index (κ2) is 5.45. The topological polar surface area (TPSA) is 35.6 Å². The van der Waals surface area contributed by atoms with Crippen LogP contribution in [0.3, 0.4) is 0 Å². The summed E-state index contributed by atoms with van der Waals surface area (Å²) in [7, 11) is 3.30. The average molecular weight is 254 g/mol. The van der Waals surface area contributed by atoms with Gasteiger partial charge in [-0.2, -0.15) is 0 Å². The Morgan fingerprint density at radius 3 is 1.75 bits per heavy atom. The Kier molecular flexibility index (Phi) is 3.95. The SMILES string of the molecule is CCn1ccnc1SSc1nccn1CC.